The zero-order valence-electron chi connectivity index (χ0n) is 16.4. The summed E-state index contributed by atoms with van der Waals surface area (Å²) in [5.41, 5.74) is 8.25. The third-order valence-electron chi connectivity index (χ3n) is 4.38. The molecule has 0 fully saturated rings. The summed E-state index contributed by atoms with van der Waals surface area (Å²) < 4.78 is 6.53. The van der Waals surface area contributed by atoms with Crippen molar-refractivity contribution < 1.29 is 9.53 Å². The first-order valence-corrected chi connectivity index (χ1v) is 11.2. The fourth-order valence-electron chi connectivity index (χ4n) is 2.97. The molecule has 3 N–H and O–H groups in total. The molecule has 4 aromatic rings. The normalized spacial score (nSPS) is 11.9. The van der Waals surface area contributed by atoms with E-state index in [1.165, 1.54) is 23.1 Å². The molecule has 0 saturated carbocycles. The molecule has 1 aromatic heterocycles. The minimum absolute atomic E-state index is 0.118. The van der Waals surface area contributed by atoms with Gasteiger partial charge in [-0.15, -0.1) is 11.8 Å². The maximum absolute atomic E-state index is 13.2. The molecule has 0 aliphatic carbocycles. The Hall–Kier alpha value is -3.03. The summed E-state index contributed by atoms with van der Waals surface area (Å²) in [5.74, 6) is 0.680. The van der Waals surface area contributed by atoms with Gasteiger partial charge in [-0.25, -0.2) is 4.98 Å². The van der Waals surface area contributed by atoms with E-state index in [0.717, 1.165) is 26.4 Å². The van der Waals surface area contributed by atoms with E-state index in [1.54, 1.807) is 0 Å². The van der Waals surface area contributed by atoms with Crippen molar-refractivity contribution in [3.8, 4) is 5.75 Å². The van der Waals surface area contributed by atoms with Crippen molar-refractivity contribution in [2.45, 2.75) is 17.1 Å². The number of aromatic nitrogens is 1. The lowest BCUT2D eigenvalue weighted by Gasteiger charge is -2.16. The molecule has 30 heavy (non-hydrogen) atoms. The molecule has 3 aromatic carbocycles. The maximum atomic E-state index is 13.2. The van der Waals surface area contributed by atoms with Gasteiger partial charge in [0.15, 0.2) is 5.13 Å². The van der Waals surface area contributed by atoms with Gasteiger partial charge in [0.05, 0.1) is 16.8 Å². The number of amides is 1. The number of rotatable bonds is 7. The Morgan fingerprint density at radius 1 is 1.13 bits per heavy atom. The minimum atomic E-state index is -0.416. The van der Waals surface area contributed by atoms with Crippen LogP contribution in [0.15, 0.2) is 77.7 Å². The second-order valence-corrected chi connectivity index (χ2v) is 8.76. The predicted molar refractivity (Wildman–Crippen MR) is 125 cm³/mol. The number of thioether (sulfide) groups is 1. The van der Waals surface area contributed by atoms with Crippen LogP contribution < -0.4 is 15.8 Å². The van der Waals surface area contributed by atoms with Gasteiger partial charge in [-0.2, -0.15) is 0 Å². The number of carbonyl (C=O) groups excluding carboxylic acids is 1. The molecule has 1 amide bonds. The summed E-state index contributed by atoms with van der Waals surface area (Å²) in [4.78, 5) is 18.7. The Bertz CT molecular complexity index is 1140. The number of hydrogen-bond acceptors (Lipinski definition) is 6. The summed E-state index contributed by atoms with van der Waals surface area (Å²) >= 11 is 2.92. The zero-order chi connectivity index (χ0) is 20.9. The summed E-state index contributed by atoms with van der Waals surface area (Å²) in [6.45, 7) is 2.56. The largest absolute Gasteiger partial charge is 0.494 e. The number of anilines is 2. The number of ether oxygens (including phenoxy) is 1. The van der Waals surface area contributed by atoms with Crippen LogP contribution in [0, 0.1) is 0 Å². The number of thiazole rings is 1. The average molecular weight is 436 g/mol. The fourth-order valence-corrected chi connectivity index (χ4v) is 4.89. The van der Waals surface area contributed by atoms with E-state index in [2.05, 4.69) is 10.3 Å². The van der Waals surface area contributed by atoms with Crippen molar-refractivity contribution in [3.05, 3.63) is 78.4 Å². The highest BCUT2D eigenvalue weighted by molar-refractivity contribution is 8.00. The van der Waals surface area contributed by atoms with E-state index in [1.807, 2.05) is 79.7 Å². The first-order valence-electron chi connectivity index (χ1n) is 9.54. The number of fused-ring (bicyclic) bond motifs is 1. The van der Waals surface area contributed by atoms with Gasteiger partial charge in [-0.1, -0.05) is 41.7 Å². The number of nitrogens with zero attached hydrogens (tertiary/aromatic N) is 1. The molecule has 0 bridgehead atoms. The summed E-state index contributed by atoms with van der Waals surface area (Å²) in [6, 6.07) is 23.0. The van der Waals surface area contributed by atoms with Crippen LogP contribution in [0.1, 0.15) is 17.7 Å². The third-order valence-corrected chi connectivity index (χ3v) is 6.58. The van der Waals surface area contributed by atoms with Crippen molar-refractivity contribution in [1.29, 1.82) is 0 Å². The highest BCUT2D eigenvalue weighted by atomic mass is 32.2. The molecule has 4 rings (SSSR count). The smallest absolute Gasteiger partial charge is 0.244 e. The summed E-state index contributed by atoms with van der Waals surface area (Å²) in [7, 11) is 0. The van der Waals surface area contributed by atoms with Crippen molar-refractivity contribution in [3.63, 3.8) is 0 Å². The van der Waals surface area contributed by atoms with Gasteiger partial charge in [-0.3, -0.25) is 4.79 Å². The Labute approximate surface area is 183 Å². The lowest BCUT2D eigenvalue weighted by Crippen LogP contribution is -2.18. The van der Waals surface area contributed by atoms with Gasteiger partial charge in [0.1, 0.15) is 11.0 Å². The topological polar surface area (TPSA) is 77.2 Å². The number of nitrogens with one attached hydrogen (secondary N) is 1. The number of nitrogens with two attached hydrogens (primary N) is 1. The fraction of sp³-hybridized carbons (Fsp3) is 0.130. The monoisotopic (exact) mass is 435 g/mol. The maximum Gasteiger partial charge on any atom is 0.244 e. The first kappa shape index (κ1) is 20.3. The Morgan fingerprint density at radius 3 is 2.63 bits per heavy atom. The van der Waals surface area contributed by atoms with Crippen molar-refractivity contribution in [1.82, 2.24) is 4.98 Å². The molecular weight excluding hydrogens is 414 g/mol. The molecular formula is C23H21N3O2S2. The second-order valence-electron chi connectivity index (χ2n) is 6.55. The predicted octanol–water partition coefficient (Wildman–Crippen LogP) is 5.75. The van der Waals surface area contributed by atoms with Gasteiger partial charge in [0.2, 0.25) is 5.91 Å². The Morgan fingerprint density at radius 2 is 1.90 bits per heavy atom. The lowest BCUT2D eigenvalue weighted by atomic mass is 10.1. The molecule has 152 valence electrons. The Balaban J connectivity index is 1.58. The number of benzene rings is 3. The van der Waals surface area contributed by atoms with Gasteiger partial charge in [-0.05, 0) is 55.0 Å². The van der Waals surface area contributed by atoms with Crippen molar-refractivity contribution in [2.75, 3.05) is 17.7 Å². The number of nitrogen functional groups attached to an aromatic ring is 1. The van der Waals surface area contributed by atoms with Crippen LogP contribution in [0.2, 0.25) is 0 Å². The average Bonchev–Trinajstić information content (AvgIpc) is 3.15. The molecule has 0 spiro atoms. The molecule has 7 heteroatoms. The highest BCUT2D eigenvalue weighted by Gasteiger charge is 2.23. The SMILES string of the molecule is CCOc1ccc2nc(NC(=O)C(Sc3ccc(N)cc3)c3ccccc3)sc2c1. The second kappa shape index (κ2) is 9.19. The van der Waals surface area contributed by atoms with Crippen molar-refractivity contribution >= 4 is 50.0 Å². The minimum Gasteiger partial charge on any atom is -0.494 e. The van der Waals surface area contributed by atoms with Crippen LogP contribution in [0.4, 0.5) is 10.8 Å². The van der Waals surface area contributed by atoms with Gasteiger partial charge >= 0.3 is 0 Å². The van der Waals surface area contributed by atoms with Gasteiger partial charge in [0, 0.05) is 10.6 Å². The Kier molecular flexibility index (Phi) is 6.21. The number of carbonyl (C=O) groups is 1. The van der Waals surface area contributed by atoms with E-state index in [4.69, 9.17) is 10.5 Å². The van der Waals surface area contributed by atoms with Gasteiger partial charge in [0.25, 0.3) is 0 Å². The van der Waals surface area contributed by atoms with E-state index >= 15 is 0 Å². The van der Waals surface area contributed by atoms with E-state index in [0.29, 0.717) is 17.4 Å². The van der Waals surface area contributed by atoms with Crippen LogP contribution in [0.25, 0.3) is 10.2 Å². The van der Waals surface area contributed by atoms with Crippen LogP contribution in [0.5, 0.6) is 5.75 Å². The zero-order valence-corrected chi connectivity index (χ0v) is 18.0. The summed E-state index contributed by atoms with van der Waals surface area (Å²) in [6.07, 6.45) is 0. The van der Waals surface area contributed by atoms with Crippen LogP contribution in [-0.4, -0.2) is 17.5 Å². The molecule has 0 aliphatic rings. The van der Waals surface area contributed by atoms with Gasteiger partial charge < -0.3 is 15.8 Å². The van der Waals surface area contributed by atoms with Crippen LogP contribution in [0.3, 0.4) is 0 Å². The van der Waals surface area contributed by atoms with Crippen molar-refractivity contribution in [2.24, 2.45) is 0 Å². The highest BCUT2D eigenvalue weighted by Crippen LogP contribution is 2.37. The molecule has 1 unspecified atom stereocenters. The molecule has 0 radical (unpaired) electrons. The van der Waals surface area contributed by atoms with E-state index in [-0.39, 0.29) is 5.91 Å². The standard InChI is InChI=1S/C23H21N3O2S2/c1-2-28-17-10-13-19-20(14-17)30-23(25-19)26-22(27)21(15-6-4-3-5-7-15)29-18-11-8-16(24)9-12-18/h3-14,21H,2,24H2,1H3,(H,25,26,27). The molecule has 1 heterocycles. The number of hydrogen-bond donors (Lipinski definition) is 2. The first-order chi connectivity index (χ1) is 14.6. The third kappa shape index (κ3) is 4.75. The quantitative estimate of drug-likeness (QED) is 0.285. The molecule has 0 aliphatic heterocycles. The molecule has 0 saturated heterocycles. The van der Waals surface area contributed by atoms with E-state index in [9.17, 15) is 4.79 Å². The molecule has 5 nitrogen and oxygen atoms in total. The molecule has 1 atom stereocenters. The van der Waals surface area contributed by atoms with Crippen LogP contribution >= 0.6 is 23.1 Å². The summed E-state index contributed by atoms with van der Waals surface area (Å²) in [5, 5.41) is 3.15. The lowest BCUT2D eigenvalue weighted by molar-refractivity contribution is -0.115. The van der Waals surface area contributed by atoms with Crippen LogP contribution in [-0.2, 0) is 4.79 Å². The van der Waals surface area contributed by atoms with E-state index < -0.39 is 5.25 Å².